The summed E-state index contributed by atoms with van der Waals surface area (Å²) < 4.78 is 5.55. The van der Waals surface area contributed by atoms with Gasteiger partial charge in [0.05, 0.1) is 4.92 Å². The van der Waals surface area contributed by atoms with Gasteiger partial charge in [-0.2, -0.15) is 0 Å². The number of furan rings is 1. The van der Waals surface area contributed by atoms with E-state index >= 15 is 0 Å². The zero-order valence-corrected chi connectivity index (χ0v) is 15.7. The van der Waals surface area contributed by atoms with Crippen LogP contribution in [-0.2, 0) is 4.79 Å². The number of nitrogens with one attached hydrogen (secondary N) is 2. The molecule has 2 amide bonds. The summed E-state index contributed by atoms with van der Waals surface area (Å²) in [7, 11) is 0. The first-order chi connectivity index (χ1) is 14.0. The van der Waals surface area contributed by atoms with Gasteiger partial charge in [-0.25, -0.2) is 0 Å². The van der Waals surface area contributed by atoms with E-state index < -0.39 is 10.8 Å². The van der Waals surface area contributed by atoms with Crippen LogP contribution in [0.15, 0.2) is 65.1 Å². The van der Waals surface area contributed by atoms with E-state index in [-0.39, 0.29) is 17.4 Å². The maximum absolute atomic E-state index is 12.4. The summed E-state index contributed by atoms with van der Waals surface area (Å²) in [5.74, 6) is -0.0855. The second-order valence-corrected chi connectivity index (χ2v) is 6.30. The van der Waals surface area contributed by atoms with Crippen LogP contribution in [-0.4, -0.2) is 16.7 Å². The second-order valence-electron chi connectivity index (χ2n) is 6.30. The number of nitrogens with zero attached hydrogens (tertiary/aromatic N) is 1. The molecule has 0 atom stereocenters. The summed E-state index contributed by atoms with van der Waals surface area (Å²) in [6.07, 6.45) is 1.21. The SMILES string of the molecule is CCCC(=O)Nc1ccc(NC(=O)c2ccc(-c3cccc([N+](=O)[O-])c3)o2)cc1. The van der Waals surface area contributed by atoms with Crippen molar-refractivity contribution in [3.8, 4) is 11.3 Å². The molecule has 0 unspecified atom stereocenters. The van der Waals surface area contributed by atoms with Gasteiger partial charge in [-0.3, -0.25) is 19.7 Å². The molecule has 2 N–H and O–H groups in total. The molecule has 3 rings (SSSR count). The van der Waals surface area contributed by atoms with Crippen LogP contribution in [0.1, 0.15) is 30.3 Å². The Morgan fingerprint density at radius 1 is 1.00 bits per heavy atom. The number of carbonyl (C=O) groups excluding carboxylic acids is 2. The molecule has 0 saturated heterocycles. The summed E-state index contributed by atoms with van der Waals surface area (Å²) >= 11 is 0. The predicted octanol–water partition coefficient (Wildman–Crippen LogP) is 4.85. The van der Waals surface area contributed by atoms with Gasteiger partial charge in [-0.05, 0) is 42.8 Å². The average Bonchev–Trinajstić information content (AvgIpc) is 3.20. The third-order valence-corrected chi connectivity index (χ3v) is 4.07. The van der Waals surface area contributed by atoms with E-state index in [0.717, 1.165) is 6.42 Å². The molecule has 1 heterocycles. The molecular formula is C21H19N3O5. The Labute approximate surface area is 166 Å². The summed E-state index contributed by atoms with van der Waals surface area (Å²) in [4.78, 5) is 34.4. The van der Waals surface area contributed by atoms with Crippen molar-refractivity contribution in [3.63, 3.8) is 0 Å². The largest absolute Gasteiger partial charge is 0.451 e. The van der Waals surface area contributed by atoms with Gasteiger partial charge in [0.25, 0.3) is 11.6 Å². The van der Waals surface area contributed by atoms with Crippen molar-refractivity contribution in [3.05, 3.63) is 76.5 Å². The number of nitro groups is 1. The van der Waals surface area contributed by atoms with Crippen LogP contribution in [0, 0.1) is 10.1 Å². The van der Waals surface area contributed by atoms with Gasteiger partial charge in [-0.15, -0.1) is 0 Å². The van der Waals surface area contributed by atoms with Gasteiger partial charge in [0, 0.05) is 35.5 Å². The van der Waals surface area contributed by atoms with E-state index in [4.69, 9.17) is 4.42 Å². The lowest BCUT2D eigenvalue weighted by Gasteiger charge is -2.07. The Morgan fingerprint density at radius 3 is 2.34 bits per heavy atom. The summed E-state index contributed by atoms with van der Waals surface area (Å²) in [5, 5.41) is 16.4. The Morgan fingerprint density at radius 2 is 1.69 bits per heavy atom. The van der Waals surface area contributed by atoms with Gasteiger partial charge >= 0.3 is 0 Å². The van der Waals surface area contributed by atoms with Gasteiger partial charge in [0.2, 0.25) is 5.91 Å². The molecule has 0 aliphatic carbocycles. The molecular weight excluding hydrogens is 374 g/mol. The minimum Gasteiger partial charge on any atom is -0.451 e. The maximum atomic E-state index is 12.4. The molecule has 0 spiro atoms. The minimum absolute atomic E-state index is 0.0592. The minimum atomic E-state index is -0.492. The van der Waals surface area contributed by atoms with E-state index in [1.165, 1.54) is 18.2 Å². The van der Waals surface area contributed by atoms with Crippen LogP contribution in [0.4, 0.5) is 17.1 Å². The highest BCUT2D eigenvalue weighted by atomic mass is 16.6. The number of hydrogen-bond donors (Lipinski definition) is 2. The van der Waals surface area contributed by atoms with Crippen molar-refractivity contribution >= 4 is 28.9 Å². The highest BCUT2D eigenvalue weighted by Crippen LogP contribution is 2.26. The fraction of sp³-hybridized carbons (Fsp3) is 0.143. The summed E-state index contributed by atoms with van der Waals surface area (Å²) in [5.41, 5.74) is 1.63. The van der Waals surface area contributed by atoms with Gasteiger partial charge in [0.1, 0.15) is 5.76 Å². The number of rotatable bonds is 7. The molecule has 2 aromatic carbocycles. The lowest BCUT2D eigenvalue weighted by Crippen LogP contribution is -2.12. The van der Waals surface area contributed by atoms with Crippen LogP contribution in [0.25, 0.3) is 11.3 Å². The molecule has 29 heavy (non-hydrogen) atoms. The first kappa shape index (κ1) is 19.8. The zero-order chi connectivity index (χ0) is 20.8. The lowest BCUT2D eigenvalue weighted by molar-refractivity contribution is -0.384. The number of amides is 2. The van der Waals surface area contributed by atoms with E-state index in [2.05, 4.69) is 10.6 Å². The smallest absolute Gasteiger partial charge is 0.291 e. The van der Waals surface area contributed by atoms with Crippen LogP contribution in [0.3, 0.4) is 0 Å². The summed E-state index contributed by atoms with van der Waals surface area (Å²) in [6.45, 7) is 1.93. The normalized spacial score (nSPS) is 10.4. The number of anilines is 2. The first-order valence-electron chi connectivity index (χ1n) is 9.02. The number of non-ortho nitro benzene ring substituents is 1. The van der Waals surface area contributed by atoms with Crippen LogP contribution >= 0.6 is 0 Å². The molecule has 3 aromatic rings. The van der Waals surface area contributed by atoms with Crippen molar-refractivity contribution < 1.29 is 18.9 Å². The third kappa shape index (κ3) is 5.07. The first-order valence-corrected chi connectivity index (χ1v) is 9.02. The summed E-state index contributed by atoms with van der Waals surface area (Å²) in [6, 6.07) is 15.8. The van der Waals surface area contributed by atoms with Crippen LogP contribution < -0.4 is 10.6 Å². The van der Waals surface area contributed by atoms with Crippen molar-refractivity contribution in [1.82, 2.24) is 0 Å². The fourth-order valence-corrected chi connectivity index (χ4v) is 2.67. The van der Waals surface area contributed by atoms with Gasteiger partial charge in [0.15, 0.2) is 5.76 Å². The molecule has 8 heteroatoms. The molecule has 0 bridgehead atoms. The average molecular weight is 393 g/mol. The van der Waals surface area contributed by atoms with Gasteiger partial charge in [-0.1, -0.05) is 19.1 Å². The lowest BCUT2D eigenvalue weighted by atomic mass is 10.1. The third-order valence-electron chi connectivity index (χ3n) is 4.07. The van der Waals surface area contributed by atoms with Crippen LogP contribution in [0.5, 0.6) is 0 Å². The number of carbonyl (C=O) groups is 2. The number of hydrogen-bond acceptors (Lipinski definition) is 5. The van der Waals surface area contributed by atoms with Crippen molar-refractivity contribution in [1.29, 1.82) is 0 Å². The predicted molar refractivity (Wildman–Crippen MR) is 109 cm³/mol. The Hall–Kier alpha value is -3.94. The standard InChI is InChI=1S/C21H19N3O5/c1-2-4-20(25)22-15-7-9-16(10-8-15)23-21(26)19-12-11-18(29-19)14-5-3-6-17(13-14)24(27)28/h3,5-13H,2,4H2,1H3,(H,22,25)(H,23,26). The monoisotopic (exact) mass is 393 g/mol. The molecule has 8 nitrogen and oxygen atoms in total. The second kappa shape index (κ2) is 8.83. The van der Waals surface area contributed by atoms with Crippen molar-refractivity contribution in [2.45, 2.75) is 19.8 Å². The van der Waals surface area contributed by atoms with E-state index in [1.54, 1.807) is 42.5 Å². The topological polar surface area (TPSA) is 114 Å². The van der Waals surface area contributed by atoms with Crippen molar-refractivity contribution in [2.24, 2.45) is 0 Å². The number of nitro benzene ring substituents is 1. The van der Waals surface area contributed by atoms with E-state index in [0.29, 0.717) is 29.1 Å². The Bertz CT molecular complexity index is 1040. The van der Waals surface area contributed by atoms with Crippen LogP contribution in [0.2, 0.25) is 0 Å². The highest BCUT2D eigenvalue weighted by Gasteiger charge is 2.14. The fourth-order valence-electron chi connectivity index (χ4n) is 2.67. The van der Waals surface area contributed by atoms with Gasteiger partial charge < -0.3 is 15.1 Å². The zero-order valence-electron chi connectivity index (χ0n) is 15.7. The maximum Gasteiger partial charge on any atom is 0.291 e. The quantitative estimate of drug-likeness (QED) is 0.440. The van der Waals surface area contributed by atoms with Crippen molar-refractivity contribution in [2.75, 3.05) is 10.6 Å². The molecule has 0 aliphatic rings. The Kier molecular flexibility index (Phi) is 6.03. The molecule has 148 valence electrons. The molecule has 0 saturated carbocycles. The molecule has 0 aliphatic heterocycles. The highest BCUT2D eigenvalue weighted by molar-refractivity contribution is 6.02. The van der Waals surface area contributed by atoms with E-state index in [9.17, 15) is 19.7 Å². The van der Waals surface area contributed by atoms with E-state index in [1.807, 2.05) is 6.92 Å². The molecule has 0 radical (unpaired) electrons. The number of benzene rings is 2. The molecule has 1 aromatic heterocycles. The Balaban J connectivity index is 1.67. The molecule has 0 fully saturated rings.